The van der Waals surface area contributed by atoms with Gasteiger partial charge in [-0.3, -0.25) is 10.1 Å². The number of aromatic nitrogens is 1. The van der Waals surface area contributed by atoms with Crippen molar-refractivity contribution < 1.29 is 24.0 Å². The van der Waals surface area contributed by atoms with Crippen molar-refractivity contribution in [2.75, 3.05) is 0 Å². The summed E-state index contributed by atoms with van der Waals surface area (Å²) in [5.41, 5.74) is -0.477. The molecule has 0 aliphatic rings. The Morgan fingerprint density at radius 3 is 2.71 bits per heavy atom. The molecule has 0 bridgehead atoms. The third-order valence-electron chi connectivity index (χ3n) is 2.62. The molecule has 21 heavy (non-hydrogen) atoms. The van der Waals surface area contributed by atoms with E-state index in [-0.39, 0.29) is 11.6 Å². The Morgan fingerprint density at radius 1 is 1.43 bits per heavy atom. The average molecular weight is 292 g/mol. The van der Waals surface area contributed by atoms with Crippen LogP contribution >= 0.6 is 0 Å². The fraction of sp³-hybridized carbons (Fsp3) is 0.0769. The Bertz CT molecular complexity index is 732. The van der Waals surface area contributed by atoms with Crippen molar-refractivity contribution >= 4 is 11.7 Å². The summed E-state index contributed by atoms with van der Waals surface area (Å²) < 4.78 is 18.3. The number of hydrogen-bond donors (Lipinski definition) is 1. The van der Waals surface area contributed by atoms with Gasteiger partial charge in [-0.1, -0.05) is 0 Å². The number of nitrogens with zero attached hydrogens (tertiary/aromatic N) is 2. The monoisotopic (exact) mass is 292 g/mol. The Morgan fingerprint density at radius 2 is 2.14 bits per heavy atom. The van der Waals surface area contributed by atoms with E-state index >= 15 is 0 Å². The molecule has 0 aliphatic heterocycles. The number of carboxylic acids is 1. The molecule has 1 aromatic carbocycles. The molecule has 8 heteroatoms. The maximum absolute atomic E-state index is 13.0. The van der Waals surface area contributed by atoms with Gasteiger partial charge in [0.25, 0.3) is 5.69 Å². The zero-order chi connectivity index (χ0) is 15.6. The highest BCUT2D eigenvalue weighted by atomic mass is 19.1. The van der Waals surface area contributed by atoms with Crippen LogP contribution in [-0.2, 0) is 0 Å². The molecule has 0 saturated carbocycles. The molecular formula is C13H9FN2O5. The van der Waals surface area contributed by atoms with Crippen molar-refractivity contribution in [1.82, 2.24) is 4.98 Å². The van der Waals surface area contributed by atoms with Crippen molar-refractivity contribution in [3.05, 3.63) is 57.5 Å². The molecule has 0 atom stereocenters. The maximum Gasteiger partial charge on any atom is 0.341 e. The number of hydrogen-bond acceptors (Lipinski definition) is 5. The van der Waals surface area contributed by atoms with Gasteiger partial charge in [0.1, 0.15) is 23.3 Å². The largest absolute Gasteiger partial charge is 0.477 e. The number of pyridine rings is 1. The quantitative estimate of drug-likeness (QED) is 0.686. The van der Waals surface area contributed by atoms with Gasteiger partial charge < -0.3 is 9.84 Å². The number of halogens is 1. The van der Waals surface area contributed by atoms with E-state index in [0.29, 0.717) is 5.56 Å². The molecule has 1 aromatic heterocycles. The molecule has 0 unspecified atom stereocenters. The summed E-state index contributed by atoms with van der Waals surface area (Å²) in [6, 6.07) is 4.53. The summed E-state index contributed by atoms with van der Waals surface area (Å²) in [6.45, 7) is 1.57. The van der Waals surface area contributed by atoms with E-state index in [2.05, 4.69) is 4.98 Å². The SMILES string of the molecule is Cc1cc(F)ccc1Oc1ncc([N+](=O)[O-])cc1C(=O)O. The summed E-state index contributed by atoms with van der Waals surface area (Å²) in [6.07, 6.45) is 0.890. The minimum atomic E-state index is -1.42. The van der Waals surface area contributed by atoms with Crippen LogP contribution in [0, 0.1) is 22.9 Å². The smallest absolute Gasteiger partial charge is 0.341 e. The molecule has 108 valence electrons. The first-order valence-corrected chi connectivity index (χ1v) is 5.70. The Hall–Kier alpha value is -3.03. The average Bonchev–Trinajstić information content (AvgIpc) is 2.41. The topological polar surface area (TPSA) is 103 Å². The lowest BCUT2D eigenvalue weighted by Crippen LogP contribution is -2.04. The lowest BCUT2D eigenvalue weighted by atomic mass is 10.2. The first-order chi connectivity index (χ1) is 9.88. The number of carbonyl (C=O) groups is 1. The lowest BCUT2D eigenvalue weighted by Gasteiger charge is -2.09. The van der Waals surface area contributed by atoms with Gasteiger partial charge in [0.15, 0.2) is 0 Å². The zero-order valence-corrected chi connectivity index (χ0v) is 10.7. The molecular weight excluding hydrogens is 283 g/mol. The van der Waals surface area contributed by atoms with Gasteiger partial charge in [-0.25, -0.2) is 14.2 Å². The van der Waals surface area contributed by atoms with Crippen LogP contribution in [-0.4, -0.2) is 21.0 Å². The molecule has 2 rings (SSSR count). The Balaban J connectivity index is 2.44. The van der Waals surface area contributed by atoms with Gasteiger partial charge in [0, 0.05) is 6.07 Å². The van der Waals surface area contributed by atoms with Gasteiger partial charge in [-0.15, -0.1) is 0 Å². The molecule has 0 radical (unpaired) electrons. The van der Waals surface area contributed by atoms with Crippen LogP contribution < -0.4 is 4.74 Å². The molecule has 0 amide bonds. The predicted octanol–water partition coefficient (Wildman–Crippen LogP) is 2.93. The predicted molar refractivity (Wildman–Crippen MR) is 69.1 cm³/mol. The van der Waals surface area contributed by atoms with Crippen LogP contribution in [0.15, 0.2) is 30.5 Å². The molecule has 0 fully saturated rings. The number of rotatable bonds is 4. The van der Waals surface area contributed by atoms with E-state index in [9.17, 15) is 19.3 Å². The minimum absolute atomic E-state index is 0.209. The summed E-state index contributed by atoms with van der Waals surface area (Å²) in [4.78, 5) is 24.6. The van der Waals surface area contributed by atoms with E-state index in [1.165, 1.54) is 12.1 Å². The molecule has 1 heterocycles. The number of aryl methyl sites for hydroxylation is 1. The fourth-order valence-corrected chi connectivity index (χ4v) is 1.61. The second kappa shape index (κ2) is 5.53. The molecule has 0 aliphatic carbocycles. The summed E-state index contributed by atoms with van der Waals surface area (Å²) in [5.74, 6) is -1.97. The minimum Gasteiger partial charge on any atom is -0.477 e. The van der Waals surface area contributed by atoms with Gasteiger partial charge in [-0.2, -0.15) is 0 Å². The Labute approximate surface area is 117 Å². The standard InChI is InChI=1S/C13H9FN2O5/c1-7-4-8(14)2-3-11(7)21-12-10(13(17)18)5-9(6-15-12)16(19)20/h2-6H,1H3,(H,17,18). The van der Waals surface area contributed by atoms with Gasteiger partial charge in [-0.05, 0) is 30.7 Å². The number of benzene rings is 1. The van der Waals surface area contributed by atoms with E-state index < -0.39 is 28.0 Å². The summed E-state index contributed by atoms with van der Waals surface area (Å²) >= 11 is 0. The molecule has 7 nitrogen and oxygen atoms in total. The van der Waals surface area contributed by atoms with Crippen LogP contribution in [0.1, 0.15) is 15.9 Å². The van der Waals surface area contributed by atoms with Crippen LogP contribution in [0.25, 0.3) is 0 Å². The van der Waals surface area contributed by atoms with E-state index in [1.807, 2.05) is 0 Å². The molecule has 0 spiro atoms. The third-order valence-corrected chi connectivity index (χ3v) is 2.62. The number of carboxylic acid groups (broad SMARTS) is 1. The van der Waals surface area contributed by atoms with Crippen molar-refractivity contribution in [2.24, 2.45) is 0 Å². The molecule has 1 N–H and O–H groups in total. The van der Waals surface area contributed by atoms with E-state index in [1.54, 1.807) is 6.92 Å². The summed E-state index contributed by atoms with van der Waals surface area (Å²) in [5, 5.41) is 19.7. The summed E-state index contributed by atoms with van der Waals surface area (Å²) in [7, 11) is 0. The highest BCUT2D eigenvalue weighted by Crippen LogP contribution is 2.28. The second-order valence-corrected chi connectivity index (χ2v) is 4.12. The van der Waals surface area contributed by atoms with Crippen LogP contribution in [0.4, 0.5) is 10.1 Å². The van der Waals surface area contributed by atoms with Crippen LogP contribution in [0.5, 0.6) is 11.6 Å². The van der Waals surface area contributed by atoms with E-state index in [4.69, 9.17) is 9.84 Å². The highest BCUT2D eigenvalue weighted by Gasteiger charge is 2.19. The number of ether oxygens (including phenoxy) is 1. The van der Waals surface area contributed by atoms with Crippen LogP contribution in [0.3, 0.4) is 0 Å². The second-order valence-electron chi connectivity index (χ2n) is 4.12. The fourth-order valence-electron chi connectivity index (χ4n) is 1.61. The highest BCUT2D eigenvalue weighted by molar-refractivity contribution is 5.91. The Kier molecular flexibility index (Phi) is 3.79. The zero-order valence-electron chi connectivity index (χ0n) is 10.7. The van der Waals surface area contributed by atoms with Gasteiger partial charge in [0.05, 0.1) is 4.92 Å². The number of aromatic carboxylic acids is 1. The maximum atomic E-state index is 13.0. The number of nitro groups is 1. The van der Waals surface area contributed by atoms with Crippen molar-refractivity contribution in [2.45, 2.75) is 6.92 Å². The first-order valence-electron chi connectivity index (χ1n) is 5.70. The van der Waals surface area contributed by atoms with Gasteiger partial charge >= 0.3 is 5.97 Å². The van der Waals surface area contributed by atoms with Crippen molar-refractivity contribution in [3.63, 3.8) is 0 Å². The normalized spacial score (nSPS) is 10.2. The molecule has 2 aromatic rings. The van der Waals surface area contributed by atoms with Crippen LogP contribution in [0.2, 0.25) is 0 Å². The van der Waals surface area contributed by atoms with Crippen molar-refractivity contribution in [1.29, 1.82) is 0 Å². The van der Waals surface area contributed by atoms with E-state index in [0.717, 1.165) is 18.3 Å². The van der Waals surface area contributed by atoms with Crippen molar-refractivity contribution in [3.8, 4) is 11.6 Å². The third kappa shape index (κ3) is 3.11. The first kappa shape index (κ1) is 14.4. The lowest BCUT2D eigenvalue weighted by molar-refractivity contribution is -0.385. The molecule has 0 saturated heterocycles. The van der Waals surface area contributed by atoms with Gasteiger partial charge in [0.2, 0.25) is 5.88 Å².